The van der Waals surface area contributed by atoms with Crippen molar-refractivity contribution in [2.24, 2.45) is 5.92 Å². The first-order chi connectivity index (χ1) is 11.0. The molecule has 23 heavy (non-hydrogen) atoms. The minimum absolute atomic E-state index is 0.0188. The van der Waals surface area contributed by atoms with Crippen LogP contribution in [0.1, 0.15) is 29.0 Å². The fourth-order valence-corrected chi connectivity index (χ4v) is 3.74. The first kappa shape index (κ1) is 15.9. The van der Waals surface area contributed by atoms with Crippen LogP contribution in [0.5, 0.6) is 0 Å². The fraction of sp³-hybridized carbons (Fsp3) is 0.471. The highest BCUT2D eigenvalue weighted by Crippen LogP contribution is 2.29. The molecule has 0 aliphatic carbocycles. The first-order valence-electron chi connectivity index (χ1n) is 7.96. The van der Waals surface area contributed by atoms with Crippen LogP contribution in [0.15, 0.2) is 18.3 Å². The Morgan fingerprint density at radius 1 is 1.39 bits per heavy atom. The Morgan fingerprint density at radius 3 is 2.91 bits per heavy atom. The number of carbonyl (C=O) groups is 1. The van der Waals surface area contributed by atoms with E-state index in [-0.39, 0.29) is 11.8 Å². The molecule has 1 N–H and O–H groups in total. The van der Waals surface area contributed by atoms with E-state index in [0.717, 1.165) is 42.3 Å². The Balaban J connectivity index is 1.68. The summed E-state index contributed by atoms with van der Waals surface area (Å²) in [5.74, 6) is 0.701. The zero-order valence-electron chi connectivity index (χ0n) is 13.8. The molecular weight excluding hydrogens is 308 g/mol. The van der Waals surface area contributed by atoms with Gasteiger partial charge in [-0.3, -0.25) is 4.79 Å². The van der Waals surface area contributed by atoms with Crippen molar-refractivity contribution in [1.29, 1.82) is 0 Å². The molecule has 2 aromatic heterocycles. The highest BCUT2D eigenvalue weighted by molar-refractivity contribution is 7.15. The number of amides is 1. The van der Waals surface area contributed by atoms with E-state index in [9.17, 15) is 4.79 Å². The van der Waals surface area contributed by atoms with Gasteiger partial charge in [-0.25, -0.2) is 9.97 Å². The van der Waals surface area contributed by atoms with Crippen molar-refractivity contribution >= 4 is 28.2 Å². The van der Waals surface area contributed by atoms with E-state index >= 15 is 0 Å². The van der Waals surface area contributed by atoms with Crippen molar-refractivity contribution in [3.05, 3.63) is 34.5 Å². The highest BCUT2D eigenvalue weighted by atomic mass is 32.1. The minimum Gasteiger partial charge on any atom is -0.347 e. The zero-order valence-corrected chi connectivity index (χ0v) is 14.6. The van der Waals surface area contributed by atoms with Gasteiger partial charge in [0.25, 0.3) is 0 Å². The number of hydrogen-bond donors (Lipinski definition) is 1. The summed E-state index contributed by atoms with van der Waals surface area (Å²) in [5.41, 5.74) is 2.07. The molecule has 0 saturated carbocycles. The Bertz CT molecular complexity index is 693. The lowest BCUT2D eigenvalue weighted by molar-refractivity contribution is -0.120. The summed E-state index contributed by atoms with van der Waals surface area (Å²) in [6.45, 7) is 7.78. The third-order valence-electron chi connectivity index (χ3n) is 4.33. The van der Waals surface area contributed by atoms with Gasteiger partial charge in [0.1, 0.15) is 5.82 Å². The number of nitrogens with zero attached hydrogens (tertiary/aromatic N) is 3. The Labute approximate surface area is 140 Å². The highest BCUT2D eigenvalue weighted by Gasteiger charge is 2.28. The summed E-state index contributed by atoms with van der Waals surface area (Å²) in [6, 6.07) is 3.83. The van der Waals surface area contributed by atoms with E-state index in [4.69, 9.17) is 0 Å². The molecule has 1 unspecified atom stereocenters. The van der Waals surface area contributed by atoms with E-state index in [1.807, 2.05) is 26.0 Å². The molecule has 5 nitrogen and oxygen atoms in total. The summed E-state index contributed by atoms with van der Waals surface area (Å²) in [4.78, 5) is 24.9. The van der Waals surface area contributed by atoms with Crippen molar-refractivity contribution in [3.63, 3.8) is 0 Å². The summed E-state index contributed by atoms with van der Waals surface area (Å²) in [5, 5.41) is 4.01. The smallest absolute Gasteiger partial charge is 0.230 e. The van der Waals surface area contributed by atoms with Crippen LogP contribution in [-0.2, 0) is 4.79 Å². The second-order valence-electron chi connectivity index (χ2n) is 6.08. The number of nitrogens with one attached hydrogen (secondary N) is 1. The van der Waals surface area contributed by atoms with Crippen LogP contribution in [0.25, 0.3) is 0 Å². The summed E-state index contributed by atoms with van der Waals surface area (Å²) in [7, 11) is 0. The number of rotatable bonds is 3. The van der Waals surface area contributed by atoms with Crippen LogP contribution < -0.4 is 10.2 Å². The average molecular weight is 330 g/mol. The third kappa shape index (κ3) is 3.52. The van der Waals surface area contributed by atoms with Crippen LogP contribution in [0.3, 0.4) is 0 Å². The van der Waals surface area contributed by atoms with Crippen LogP contribution in [-0.4, -0.2) is 29.0 Å². The number of thiazole rings is 1. The molecule has 1 aliphatic heterocycles. The number of aromatic nitrogens is 2. The molecule has 3 rings (SSSR count). The molecular formula is C17H22N4OS. The molecule has 0 spiro atoms. The summed E-state index contributed by atoms with van der Waals surface area (Å²) in [6.07, 6.45) is 3.63. The quantitative estimate of drug-likeness (QED) is 0.938. The number of aryl methyl sites for hydroxylation is 3. The Kier molecular flexibility index (Phi) is 4.61. The summed E-state index contributed by atoms with van der Waals surface area (Å²) < 4.78 is 0. The topological polar surface area (TPSA) is 58.1 Å². The van der Waals surface area contributed by atoms with Crippen molar-refractivity contribution in [1.82, 2.24) is 9.97 Å². The molecule has 1 fully saturated rings. The van der Waals surface area contributed by atoms with Crippen molar-refractivity contribution in [2.45, 2.75) is 33.6 Å². The van der Waals surface area contributed by atoms with E-state index in [1.54, 1.807) is 17.5 Å². The van der Waals surface area contributed by atoms with Crippen LogP contribution in [0.4, 0.5) is 10.9 Å². The molecule has 0 radical (unpaired) electrons. The van der Waals surface area contributed by atoms with E-state index in [0.29, 0.717) is 5.82 Å². The van der Waals surface area contributed by atoms with Crippen molar-refractivity contribution < 1.29 is 4.79 Å². The van der Waals surface area contributed by atoms with Gasteiger partial charge in [-0.1, -0.05) is 6.07 Å². The lowest BCUT2D eigenvalue weighted by Crippen LogP contribution is -2.40. The molecule has 6 heteroatoms. The normalized spacial score (nSPS) is 18.0. The molecule has 122 valence electrons. The third-order valence-corrected chi connectivity index (χ3v) is 5.46. The predicted molar refractivity (Wildman–Crippen MR) is 94.1 cm³/mol. The van der Waals surface area contributed by atoms with Gasteiger partial charge in [-0.15, -0.1) is 11.3 Å². The van der Waals surface area contributed by atoms with Crippen LogP contribution in [0.2, 0.25) is 0 Å². The number of anilines is 2. The number of piperidine rings is 1. The van der Waals surface area contributed by atoms with Crippen LogP contribution in [0, 0.1) is 26.7 Å². The van der Waals surface area contributed by atoms with Gasteiger partial charge in [0, 0.05) is 24.2 Å². The molecule has 0 bridgehead atoms. The van der Waals surface area contributed by atoms with Gasteiger partial charge < -0.3 is 10.2 Å². The fourth-order valence-electron chi connectivity index (χ4n) is 2.79. The number of pyridine rings is 1. The van der Waals surface area contributed by atoms with E-state index in [2.05, 4.69) is 27.1 Å². The van der Waals surface area contributed by atoms with Crippen molar-refractivity contribution in [3.8, 4) is 0 Å². The minimum atomic E-state index is -0.0188. The molecule has 1 amide bonds. The lowest BCUT2D eigenvalue weighted by atomic mass is 9.97. The maximum atomic E-state index is 12.6. The zero-order chi connectivity index (χ0) is 16.4. The molecule has 1 atom stereocenters. The standard InChI is InChI=1S/C17H22N4OS/c1-11-6-4-8-18-15(11)20-16(22)14-7-5-9-21(10-14)17-19-12(2)13(3)23-17/h4,6,8,14H,5,7,9-10H2,1-3H3,(H,18,20,22). The van der Waals surface area contributed by atoms with E-state index in [1.165, 1.54) is 4.88 Å². The maximum Gasteiger partial charge on any atom is 0.230 e. The average Bonchev–Trinajstić information content (AvgIpc) is 2.89. The monoisotopic (exact) mass is 330 g/mol. The lowest BCUT2D eigenvalue weighted by Gasteiger charge is -2.31. The van der Waals surface area contributed by atoms with Gasteiger partial charge in [0.05, 0.1) is 11.6 Å². The Hall–Kier alpha value is -1.95. The second kappa shape index (κ2) is 6.66. The van der Waals surface area contributed by atoms with E-state index < -0.39 is 0 Å². The Morgan fingerprint density at radius 2 is 2.22 bits per heavy atom. The van der Waals surface area contributed by atoms with Gasteiger partial charge in [-0.2, -0.15) is 0 Å². The molecule has 2 aromatic rings. The van der Waals surface area contributed by atoms with Gasteiger partial charge in [0.15, 0.2) is 5.13 Å². The summed E-state index contributed by atoms with van der Waals surface area (Å²) >= 11 is 1.71. The van der Waals surface area contributed by atoms with Crippen molar-refractivity contribution in [2.75, 3.05) is 23.3 Å². The van der Waals surface area contributed by atoms with Gasteiger partial charge in [0.2, 0.25) is 5.91 Å². The number of hydrogen-bond acceptors (Lipinski definition) is 5. The largest absolute Gasteiger partial charge is 0.347 e. The molecule has 1 saturated heterocycles. The van der Waals surface area contributed by atoms with Crippen LogP contribution >= 0.6 is 11.3 Å². The first-order valence-corrected chi connectivity index (χ1v) is 8.77. The SMILES string of the molecule is Cc1cccnc1NC(=O)C1CCCN(c2nc(C)c(C)s2)C1. The molecule has 0 aromatic carbocycles. The predicted octanol–water partition coefficient (Wildman–Crippen LogP) is 3.32. The molecule has 3 heterocycles. The molecule has 1 aliphatic rings. The van der Waals surface area contributed by atoms with Gasteiger partial charge >= 0.3 is 0 Å². The second-order valence-corrected chi connectivity index (χ2v) is 7.26. The maximum absolute atomic E-state index is 12.6. The van der Waals surface area contributed by atoms with Gasteiger partial charge in [-0.05, 0) is 45.2 Å². The number of carbonyl (C=O) groups excluding carboxylic acids is 1.